The Balaban J connectivity index is 1.55. The molecule has 0 atom stereocenters. The van der Waals surface area contributed by atoms with Gasteiger partial charge in [-0.2, -0.15) is 5.10 Å². The lowest BCUT2D eigenvalue weighted by molar-refractivity contribution is -0.141. The van der Waals surface area contributed by atoms with Crippen LogP contribution in [0.15, 0.2) is 42.9 Å². The van der Waals surface area contributed by atoms with Crippen LogP contribution in [-0.4, -0.2) is 50.4 Å². The normalized spacial score (nSPS) is 16.5. The average Bonchev–Trinajstić information content (AvgIpc) is 3.04. The number of nitrogens with one attached hydrogen (secondary N) is 1. The Kier molecular flexibility index (Phi) is 4.19. The smallest absolute Gasteiger partial charge is 0.265 e. The third kappa shape index (κ3) is 3.30. The van der Waals surface area contributed by atoms with Gasteiger partial charge in [0.05, 0.1) is 6.20 Å². The first-order valence-corrected chi connectivity index (χ1v) is 8.97. The molecule has 1 amide bonds. The van der Waals surface area contributed by atoms with Crippen molar-refractivity contribution in [2.45, 2.75) is 25.6 Å². The van der Waals surface area contributed by atoms with E-state index in [-0.39, 0.29) is 19.1 Å². The molecule has 1 aliphatic heterocycles. The second-order valence-electron chi connectivity index (χ2n) is 7.45. The molecule has 3 aromatic rings. The maximum Gasteiger partial charge on any atom is 0.265 e. The molecule has 2 aromatic heterocycles. The Hall–Kier alpha value is -2.80. The van der Waals surface area contributed by atoms with Crippen molar-refractivity contribution < 1.29 is 9.18 Å². The summed E-state index contributed by atoms with van der Waals surface area (Å²) in [5.41, 5.74) is 0.179. The number of hydrogen-bond donors (Lipinski definition) is 1. The number of hydrogen-bond acceptors (Lipinski definition) is 4. The number of pyridine rings is 1. The fourth-order valence-corrected chi connectivity index (χ4v) is 3.29. The highest BCUT2D eigenvalue weighted by atomic mass is 19.1. The molecular weight excluding hydrogens is 345 g/mol. The monoisotopic (exact) mass is 367 g/mol. The van der Waals surface area contributed by atoms with Crippen molar-refractivity contribution in [3.8, 4) is 11.1 Å². The fourth-order valence-electron chi connectivity index (χ4n) is 3.29. The lowest BCUT2D eigenvalue weighted by Gasteiger charge is -2.45. The summed E-state index contributed by atoms with van der Waals surface area (Å²) in [5, 5.41) is 8.70. The molecule has 0 aliphatic carbocycles. The Bertz CT molecular complexity index is 1010. The van der Waals surface area contributed by atoms with Gasteiger partial charge in [0.1, 0.15) is 5.82 Å². The first-order valence-electron chi connectivity index (χ1n) is 8.97. The van der Waals surface area contributed by atoms with Crippen molar-refractivity contribution in [2.75, 3.05) is 18.4 Å². The summed E-state index contributed by atoms with van der Waals surface area (Å²) in [6, 6.07) is 7.99. The number of amides is 1. The van der Waals surface area contributed by atoms with E-state index in [1.54, 1.807) is 23.1 Å². The predicted octanol–water partition coefficient (Wildman–Crippen LogP) is 3.01. The first-order chi connectivity index (χ1) is 12.8. The van der Waals surface area contributed by atoms with Gasteiger partial charge < -0.3 is 5.32 Å². The zero-order valence-corrected chi connectivity index (χ0v) is 15.6. The van der Waals surface area contributed by atoms with Gasteiger partial charge in [0, 0.05) is 49.5 Å². The van der Waals surface area contributed by atoms with Gasteiger partial charge in [-0.15, -0.1) is 0 Å². The minimum absolute atomic E-state index is 0.120. The molecule has 0 saturated carbocycles. The molecule has 4 rings (SSSR count). The van der Waals surface area contributed by atoms with Gasteiger partial charge in [-0.3, -0.25) is 14.4 Å². The summed E-state index contributed by atoms with van der Waals surface area (Å²) in [6.07, 6.45) is 5.42. The average molecular weight is 367 g/mol. The van der Waals surface area contributed by atoms with Gasteiger partial charge in [-0.25, -0.2) is 9.37 Å². The lowest BCUT2D eigenvalue weighted by atomic mass is 9.93. The van der Waals surface area contributed by atoms with Gasteiger partial charge in [0.15, 0.2) is 0 Å². The summed E-state index contributed by atoms with van der Waals surface area (Å²) < 4.78 is 16.5. The van der Waals surface area contributed by atoms with E-state index in [0.29, 0.717) is 5.82 Å². The molecular formula is C20H22FN5O. The zero-order valence-electron chi connectivity index (χ0n) is 15.6. The number of nitrogens with zero attached hydrogens (tertiary/aromatic N) is 4. The van der Waals surface area contributed by atoms with E-state index in [1.807, 2.05) is 50.2 Å². The van der Waals surface area contributed by atoms with Crippen LogP contribution in [0.4, 0.5) is 10.2 Å². The van der Waals surface area contributed by atoms with Gasteiger partial charge in [0.2, 0.25) is 5.67 Å². The lowest BCUT2D eigenvalue weighted by Crippen LogP contribution is -2.66. The third-order valence-electron chi connectivity index (χ3n) is 5.05. The maximum absolute atomic E-state index is 14.7. The number of carbonyl (C=O) groups is 1. The topological polar surface area (TPSA) is 63.1 Å². The minimum atomic E-state index is -1.85. The molecule has 1 saturated heterocycles. The van der Waals surface area contributed by atoms with Gasteiger partial charge in [-0.05, 0) is 36.9 Å². The van der Waals surface area contributed by atoms with Crippen molar-refractivity contribution >= 4 is 22.5 Å². The quantitative estimate of drug-likeness (QED) is 0.770. The minimum Gasteiger partial charge on any atom is -0.308 e. The molecule has 0 spiro atoms. The number of rotatable bonds is 4. The molecule has 27 heavy (non-hydrogen) atoms. The van der Waals surface area contributed by atoms with E-state index in [4.69, 9.17) is 0 Å². The van der Waals surface area contributed by atoms with Crippen LogP contribution in [0.1, 0.15) is 13.8 Å². The van der Waals surface area contributed by atoms with Crippen molar-refractivity contribution in [1.29, 1.82) is 0 Å². The number of carbonyl (C=O) groups excluding carboxylic acids is 1. The van der Waals surface area contributed by atoms with Crippen LogP contribution in [0, 0.1) is 0 Å². The SMILES string of the molecule is CC(C)N1CC(F)(C(=O)Nc2cc3cc(-c4cnn(C)c4)ccc3cn2)C1. The number of alkyl halides is 1. The fraction of sp³-hybridized carbons (Fsp3) is 0.350. The molecule has 0 radical (unpaired) electrons. The molecule has 0 unspecified atom stereocenters. The first kappa shape index (κ1) is 17.6. The highest BCUT2D eigenvalue weighted by Crippen LogP contribution is 2.29. The van der Waals surface area contributed by atoms with Crippen LogP contribution in [0.5, 0.6) is 0 Å². The van der Waals surface area contributed by atoms with E-state index in [2.05, 4.69) is 15.4 Å². The summed E-state index contributed by atoms with van der Waals surface area (Å²) in [6.45, 7) is 4.22. The Morgan fingerprint density at radius 1 is 1.19 bits per heavy atom. The van der Waals surface area contributed by atoms with Crippen LogP contribution in [0.3, 0.4) is 0 Å². The molecule has 3 heterocycles. The van der Waals surface area contributed by atoms with E-state index in [1.165, 1.54) is 0 Å². The van der Waals surface area contributed by atoms with Gasteiger partial charge in [0.25, 0.3) is 5.91 Å². The van der Waals surface area contributed by atoms with Crippen LogP contribution in [0.25, 0.3) is 21.9 Å². The number of likely N-dealkylation sites (tertiary alicyclic amines) is 1. The maximum atomic E-state index is 14.7. The highest BCUT2D eigenvalue weighted by Gasteiger charge is 2.50. The summed E-state index contributed by atoms with van der Waals surface area (Å²) in [7, 11) is 1.87. The highest BCUT2D eigenvalue weighted by molar-refractivity contribution is 5.99. The number of halogens is 1. The predicted molar refractivity (Wildman–Crippen MR) is 103 cm³/mol. The summed E-state index contributed by atoms with van der Waals surface area (Å²) in [4.78, 5) is 18.5. The van der Waals surface area contributed by atoms with E-state index in [9.17, 15) is 9.18 Å². The van der Waals surface area contributed by atoms with Crippen LogP contribution >= 0.6 is 0 Å². The molecule has 7 heteroatoms. The number of anilines is 1. The molecule has 140 valence electrons. The zero-order chi connectivity index (χ0) is 19.2. The Labute approximate surface area is 157 Å². The largest absolute Gasteiger partial charge is 0.308 e. The van der Waals surface area contributed by atoms with E-state index in [0.717, 1.165) is 21.9 Å². The molecule has 0 bridgehead atoms. The number of benzene rings is 1. The van der Waals surface area contributed by atoms with Crippen LogP contribution in [0.2, 0.25) is 0 Å². The van der Waals surface area contributed by atoms with Crippen molar-refractivity contribution in [3.05, 3.63) is 42.9 Å². The van der Waals surface area contributed by atoms with Gasteiger partial charge >= 0.3 is 0 Å². The van der Waals surface area contributed by atoms with E-state index >= 15 is 0 Å². The Morgan fingerprint density at radius 3 is 2.63 bits per heavy atom. The van der Waals surface area contributed by atoms with Gasteiger partial charge in [-0.1, -0.05) is 12.1 Å². The molecule has 1 N–H and O–H groups in total. The van der Waals surface area contributed by atoms with Crippen molar-refractivity contribution in [2.24, 2.45) is 7.05 Å². The molecule has 1 aromatic carbocycles. The van der Waals surface area contributed by atoms with Crippen LogP contribution in [-0.2, 0) is 11.8 Å². The molecule has 1 aliphatic rings. The van der Waals surface area contributed by atoms with Crippen LogP contribution < -0.4 is 5.32 Å². The second-order valence-corrected chi connectivity index (χ2v) is 7.45. The molecule has 6 nitrogen and oxygen atoms in total. The third-order valence-corrected chi connectivity index (χ3v) is 5.05. The standard InChI is InChI=1S/C20H22FN5O/c1-13(2)26-11-20(21,12-26)19(27)24-18-7-16-6-14(4-5-15(16)8-22-18)17-9-23-25(3)10-17/h4-10,13H,11-12H2,1-3H3,(H,22,24,27). The molecule has 1 fully saturated rings. The summed E-state index contributed by atoms with van der Waals surface area (Å²) >= 11 is 0. The number of fused-ring (bicyclic) bond motifs is 1. The van der Waals surface area contributed by atoms with Crippen molar-refractivity contribution in [3.63, 3.8) is 0 Å². The van der Waals surface area contributed by atoms with E-state index < -0.39 is 11.6 Å². The Morgan fingerprint density at radius 2 is 1.96 bits per heavy atom. The second kappa shape index (κ2) is 6.42. The van der Waals surface area contributed by atoms with Crippen molar-refractivity contribution in [1.82, 2.24) is 19.7 Å². The summed E-state index contributed by atoms with van der Waals surface area (Å²) in [5.74, 6) is -0.273. The number of aryl methyl sites for hydroxylation is 1. The number of aromatic nitrogens is 3.